The zero-order valence-corrected chi connectivity index (χ0v) is 13.5. The van der Waals surface area contributed by atoms with Gasteiger partial charge in [0, 0.05) is 21.7 Å². The van der Waals surface area contributed by atoms with Crippen LogP contribution in [0.25, 0.3) is 11.0 Å². The molecule has 0 aliphatic heterocycles. The molecular formula is C17H18ClNOS. The van der Waals surface area contributed by atoms with E-state index in [1.165, 1.54) is 4.88 Å². The van der Waals surface area contributed by atoms with Crippen molar-refractivity contribution in [2.24, 2.45) is 0 Å². The van der Waals surface area contributed by atoms with Gasteiger partial charge in [0.1, 0.15) is 11.3 Å². The van der Waals surface area contributed by atoms with Crippen LogP contribution in [0.15, 0.2) is 46.2 Å². The lowest BCUT2D eigenvalue weighted by Crippen LogP contribution is -2.23. The van der Waals surface area contributed by atoms with Gasteiger partial charge in [-0.3, -0.25) is 0 Å². The molecule has 3 rings (SSSR count). The summed E-state index contributed by atoms with van der Waals surface area (Å²) in [5.41, 5.74) is 0.892. The number of rotatable bonds is 6. The molecule has 1 unspecified atom stereocenters. The topological polar surface area (TPSA) is 25.2 Å². The monoisotopic (exact) mass is 319 g/mol. The van der Waals surface area contributed by atoms with Crippen molar-refractivity contribution in [3.8, 4) is 0 Å². The van der Waals surface area contributed by atoms with Gasteiger partial charge in [-0.1, -0.05) is 24.6 Å². The van der Waals surface area contributed by atoms with Gasteiger partial charge in [0.05, 0.1) is 6.04 Å². The molecule has 0 aliphatic carbocycles. The van der Waals surface area contributed by atoms with Crippen molar-refractivity contribution >= 4 is 33.9 Å². The predicted octanol–water partition coefficient (Wildman–Crippen LogP) is 5.43. The lowest BCUT2D eigenvalue weighted by molar-refractivity contribution is 0.429. The average molecular weight is 320 g/mol. The molecule has 0 bridgehead atoms. The van der Waals surface area contributed by atoms with Crippen LogP contribution in [0.1, 0.15) is 30.0 Å². The van der Waals surface area contributed by atoms with Crippen LogP contribution >= 0.6 is 22.9 Å². The first-order valence-corrected chi connectivity index (χ1v) is 8.47. The van der Waals surface area contributed by atoms with E-state index in [-0.39, 0.29) is 6.04 Å². The average Bonchev–Trinajstić information content (AvgIpc) is 3.11. The van der Waals surface area contributed by atoms with Crippen LogP contribution in [0.5, 0.6) is 0 Å². The van der Waals surface area contributed by atoms with Crippen molar-refractivity contribution in [2.75, 3.05) is 6.54 Å². The number of hydrogen-bond acceptors (Lipinski definition) is 3. The number of fused-ring (bicyclic) bond motifs is 1. The molecule has 0 aliphatic rings. The molecule has 21 heavy (non-hydrogen) atoms. The summed E-state index contributed by atoms with van der Waals surface area (Å²) in [6.07, 6.45) is 2.05. The first-order valence-electron chi connectivity index (χ1n) is 7.21. The Morgan fingerprint density at radius 3 is 2.95 bits per heavy atom. The molecule has 0 saturated heterocycles. The van der Waals surface area contributed by atoms with Crippen molar-refractivity contribution in [2.45, 2.75) is 25.8 Å². The van der Waals surface area contributed by atoms with Crippen LogP contribution in [-0.4, -0.2) is 6.54 Å². The zero-order valence-electron chi connectivity index (χ0n) is 11.9. The van der Waals surface area contributed by atoms with Crippen LogP contribution in [0.3, 0.4) is 0 Å². The van der Waals surface area contributed by atoms with Crippen molar-refractivity contribution in [1.82, 2.24) is 5.32 Å². The quantitative estimate of drug-likeness (QED) is 0.655. The SMILES string of the molecule is CCCNC(Cc1cccs1)c1cc2cc(Cl)ccc2o1. The first kappa shape index (κ1) is 14.6. The third kappa shape index (κ3) is 3.49. The van der Waals surface area contributed by atoms with Crippen molar-refractivity contribution < 1.29 is 4.42 Å². The number of hydrogen-bond donors (Lipinski definition) is 1. The van der Waals surface area contributed by atoms with Crippen LogP contribution in [-0.2, 0) is 6.42 Å². The van der Waals surface area contributed by atoms with Crippen molar-refractivity contribution in [3.05, 3.63) is 57.4 Å². The lowest BCUT2D eigenvalue weighted by Gasteiger charge is -2.15. The Hall–Kier alpha value is -1.29. The van der Waals surface area contributed by atoms with Gasteiger partial charge >= 0.3 is 0 Å². The summed E-state index contributed by atoms with van der Waals surface area (Å²) < 4.78 is 6.01. The maximum absolute atomic E-state index is 6.05. The van der Waals surface area contributed by atoms with Gasteiger partial charge < -0.3 is 9.73 Å². The summed E-state index contributed by atoms with van der Waals surface area (Å²) in [6.45, 7) is 3.15. The molecule has 0 radical (unpaired) electrons. The van der Waals surface area contributed by atoms with E-state index in [0.29, 0.717) is 0 Å². The molecule has 0 amide bonds. The summed E-state index contributed by atoms with van der Waals surface area (Å²) in [5.74, 6) is 0.981. The summed E-state index contributed by atoms with van der Waals surface area (Å²) >= 11 is 7.84. The summed E-state index contributed by atoms with van der Waals surface area (Å²) in [7, 11) is 0. The highest BCUT2D eigenvalue weighted by molar-refractivity contribution is 7.09. The number of furan rings is 1. The van der Waals surface area contributed by atoms with Gasteiger partial charge in [-0.15, -0.1) is 11.3 Å². The van der Waals surface area contributed by atoms with Gasteiger partial charge in [0.25, 0.3) is 0 Å². The highest BCUT2D eigenvalue weighted by atomic mass is 35.5. The van der Waals surface area contributed by atoms with Crippen molar-refractivity contribution in [3.63, 3.8) is 0 Å². The molecule has 1 N–H and O–H groups in total. The Bertz CT molecular complexity index is 705. The van der Waals surface area contributed by atoms with E-state index >= 15 is 0 Å². The lowest BCUT2D eigenvalue weighted by atomic mass is 10.1. The summed E-state index contributed by atoms with van der Waals surface area (Å²) in [6, 6.07) is 12.3. The molecule has 0 spiro atoms. The molecule has 110 valence electrons. The molecule has 4 heteroatoms. The Kier molecular flexibility index (Phi) is 4.63. The highest BCUT2D eigenvalue weighted by Crippen LogP contribution is 2.29. The van der Waals surface area contributed by atoms with E-state index < -0.39 is 0 Å². The second kappa shape index (κ2) is 6.65. The molecule has 2 aromatic heterocycles. The number of benzene rings is 1. The molecule has 1 aromatic carbocycles. The Morgan fingerprint density at radius 2 is 2.19 bits per heavy atom. The standard InChI is InChI=1S/C17H18ClNOS/c1-2-7-19-15(11-14-4-3-8-21-14)17-10-12-9-13(18)5-6-16(12)20-17/h3-6,8-10,15,19H,2,7,11H2,1H3. The zero-order chi connectivity index (χ0) is 14.7. The Balaban J connectivity index is 1.89. The summed E-state index contributed by atoms with van der Waals surface area (Å²) in [5, 5.41) is 7.50. The minimum atomic E-state index is 0.203. The minimum absolute atomic E-state index is 0.203. The largest absolute Gasteiger partial charge is 0.459 e. The van der Waals surface area contributed by atoms with E-state index in [9.17, 15) is 0 Å². The molecule has 3 aromatic rings. The van der Waals surface area contributed by atoms with Crippen molar-refractivity contribution in [1.29, 1.82) is 0 Å². The fourth-order valence-corrected chi connectivity index (χ4v) is 3.36. The van der Waals surface area contributed by atoms with E-state index in [2.05, 4.69) is 35.8 Å². The van der Waals surface area contributed by atoms with Gasteiger partial charge in [0.2, 0.25) is 0 Å². The van der Waals surface area contributed by atoms with Gasteiger partial charge in [-0.25, -0.2) is 0 Å². The third-order valence-electron chi connectivity index (χ3n) is 3.47. The second-order valence-corrected chi connectivity index (χ2v) is 6.59. The molecule has 0 saturated carbocycles. The minimum Gasteiger partial charge on any atom is -0.459 e. The fraction of sp³-hybridized carbons (Fsp3) is 0.294. The molecular weight excluding hydrogens is 302 g/mol. The van der Waals surface area contributed by atoms with E-state index in [4.69, 9.17) is 16.0 Å². The van der Waals surface area contributed by atoms with Crippen LogP contribution in [0, 0.1) is 0 Å². The smallest absolute Gasteiger partial charge is 0.134 e. The van der Waals surface area contributed by atoms with Gasteiger partial charge in [-0.05, 0) is 48.7 Å². The van der Waals surface area contributed by atoms with E-state index in [0.717, 1.165) is 41.1 Å². The Morgan fingerprint density at radius 1 is 1.29 bits per heavy atom. The number of thiophene rings is 1. The first-order chi connectivity index (χ1) is 10.3. The molecule has 2 nitrogen and oxygen atoms in total. The maximum atomic E-state index is 6.05. The highest BCUT2D eigenvalue weighted by Gasteiger charge is 2.17. The van der Waals surface area contributed by atoms with Crippen LogP contribution in [0.4, 0.5) is 0 Å². The predicted molar refractivity (Wildman–Crippen MR) is 90.3 cm³/mol. The molecule has 1 atom stereocenters. The van der Waals surface area contributed by atoms with Crippen LogP contribution < -0.4 is 5.32 Å². The van der Waals surface area contributed by atoms with E-state index in [1.54, 1.807) is 11.3 Å². The second-order valence-electron chi connectivity index (χ2n) is 5.12. The fourth-order valence-electron chi connectivity index (χ4n) is 2.43. The van der Waals surface area contributed by atoms with Gasteiger partial charge in [-0.2, -0.15) is 0 Å². The molecule has 0 fully saturated rings. The number of nitrogens with one attached hydrogen (secondary N) is 1. The molecule has 2 heterocycles. The van der Waals surface area contributed by atoms with E-state index in [1.807, 2.05) is 18.2 Å². The summed E-state index contributed by atoms with van der Waals surface area (Å²) in [4.78, 5) is 1.36. The van der Waals surface area contributed by atoms with Crippen LogP contribution in [0.2, 0.25) is 5.02 Å². The van der Waals surface area contributed by atoms with Gasteiger partial charge in [0.15, 0.2) is 0 Å². The number of halogens is 1. The normalized spacial score (nSPS) is 12.9. The third-order valence-corrected chi connectivity index (χ3v) is 4.60. The maximum Gasteiger partial charge on any atom is 0.134 e. The Labute approximate surface area is 133 Å².